The number of primary amides is 1. The van der Waals surface area contributed by atoms with Crippen molar-refractivity contribution >= 4 is 23.6 Å². The lowest BCUT2D eigenvalue weighted by Gasteiger charge is -2.06. The lowest BCUT2D eigenvalue weighted by Crippen LogP contribution is -2.21. The molecule has 2 amide bonds. The maximum Gasteiger partial charge on any atom is 0.490 e. The zero-order valence-corrected chi connectivity index (χ0v) is 14.1. The van der Waals surface area contributed by atoms with Crippen LogP contribution >= 0.6 is 0 Å². The van der Waals surface area contributed by atoms with E-state index in [9.17, 15) is 22.8 Å². The minimum Gasteiger partial charge on any atom is -0.475 e. The van der Waals surface area contributed by atoms with Gasteiger partial charge in [-0.3, -0.25) is 14.7 Å². The number of aryl methyl sites for hydroxylation is 2. The van der Waals surface area contributed by atoms with Gasteiger partial charge in [0.2, 0.25) is 11.8 Å². The molecule has 0 aliphatic heterocycles. The van der Waals surface area contributed by atoms with E-state index in [1.165, 1.54) is 0 Å². The highest BCUT2D eigenvalue weighted by molar-refractivity contribution is 5.95. The second kappa shape index (κ2) is 9.36. The number of H-pyrrole nitrogens is 1. The molecule has 1 aromatic carbocycles. The van der Waals surface area contributed by atoms with E-state index in [0.29, 0.717) is 17.8 Å². The second-order valence-corrected chi connectivity index (χ2v) is 5.31. The predicted octanol–water partition coefficient (Wildman–Crippen LogP) is 2.02. The Labute approximate surface area is 151 Å². The summed E-state index contributed by atoms with van der Waals surface area (Å²) in [5.74, 6) is -2.90. The topological polar surface area (TPSA) is 138 Å². The molecule has 0 aliphatic carbocycles. The highest BCUT2D eigenvalue weighted by Gasteiger charge is 2.38. The molecular weight excluding hydrogens is 369 g/mol. The quantitative estimate of drug-likeness (QED) is 0.623. The normalized spacial score (nSPS) is 10.5. The molecule has 2 aromatic rings. The van der Waals surface area contributed by atoms with E-state index in [1.807, 2.05) is 13.0 Å². The summed E-state index contributed by atoms with van der Waals surface area (Å²) in [6.45, 7) is 1.85. The molecule has 0 fully saturated rings. The van der Waals surface area contributed by atoms with Crippen molar-refractivity contribution in [3.8, 4) is 0 Å². The van der Waals surface area contributed by atoms with E-state index in [4.69, 9.17) is 15.6 Å². The van der Waals surface area contributed by atoms with E-state index in [2.05, 4.69) is 15.5 Å². The van der Waals surface area contributed by atoms with Gasteiger partial charge >= 0.3 is 12.1 Å². The van der Waals surface area contributed by atoms with Crippen LogP contribution in [0.4, 0.5) is 19.0 Å². The van der Waals surface area contributed by atoms with E-state index in [0.717, 1.165) is 11.3 Å². The Morgan fingerprint density at radius 3 is 2.33 bits per heavy atom. The second-order valence-electron chi connectivity index (χ2n) is 5.31. The summed E-state index contributed by atoms with van der Waals surface area (Å²) in [4.78, 5) is 32.0. The van der Waals surface area contributed by atoms with Gasteiger partial charge in [-0.15, -0.1) is 0 Å². The molecule has 5 N–H and O–H groups in total. The maximum atomic E-state index is 11.8. The number of carboxylic acids is 1. The first kappa shape index (κ1) is 21.7. The number of carbonyl (C=O) groups is 3. The summed E-state index contributed by atoms with van der Waals surface area (Å²) in [5, 5.41) is 16.5. The minimum absolute atomic E-state index is 0.157. The van der Waals surface area contributed by atoms with Crippen LogP contribution in [0.1, 0.15) is 28.0 Å². The number of amides is 2. The molecule has 0 spiro atoms. The lowest BCUT2D eigenvalue weighted by atomic mass is 10.0. The number of carbonyl (C=O) groups excluding carboxylic acids is 2. The maximum absolute atomic E-state index is 11.8. The molecule has 146 valence electrons. The van der Waals surface area contributed by atoms with Gasteiger partial charge in [-0.2, -0.15) is 18.3 Å². The van der Waals surface area contributed by atoms with Crippen LogP contribution in [0.5, 0.6) is 0 Å². The molecule has 8 nitrogen and oxygen atoms in total. The number of hydrogen-bond acceptors (Lipinski definition) is 4. The van der Waals surface area contributed by atoms with Gasteiger partial charge < -0.3 is 16.2 Å². The summed E-state index contributed by atoms with van der Waals surface area (Å²) in [5.41, 5.74) is 7.39. The number of aromatic nitrogens is 2. The number of hydrogen-bond donors (Lipinski definition) is 4. The first-order valence-electron chi connectivity index (χ1n) is 7.50. The number of halogens is 3. The molecule has 1 heterocycles. The monoisotopic (exact) mass is 386 g/mol. The summed E-state index contributed by atoms with van der Waals surface area (Å²) in [6.07, 6.45) is -4.37. The van der Waals surface area contributed by atoms with Crippen LogP contribution in [-0.2, 0) is 16.0 Å². The van der Waals surface area contributed by atoms with Gasteiger partial charge in [0.1, 0.15) is 0 Å². The number of rotatable bonds is 5. The number of nitrogens with zero attached hydrogens (tertiary/aromatic N) is 1. The zero-order valence-electron chi connectivity index (χ0n) is 14.1. The van der Waals surface area contributed by atoms with Crippen molar-refractivity contribution in [2.45, 2.75) is 25.9 Å². The third-order valence-electron chi connectivity index (χ3n) is 3.12. The molecule has 0 bridgehead atoms. The third kappa shape index (κ3) is 7.59. The largest absolute Gasteiger partial charge is 0.490 e. The summed E-state index contributed by atoms with van der Waals surface area (Å²) >= 11 is 0. The Kier molecular flexibility index (Phi) is 7.51. The lowest BCUT2D eigenvalue weighted by molar-refractivity contribution is -0.192. The fraction of sp³-hybridized carbons (Fsp3) is 0.250. The van der Waals surface area contributed by atoms with Crippen molar-refractivity contribution in [2.24, 2.45) is 5.73 Å². The van der Waals surface area contributed by atoms with Crippen molar-refractivity contribution < 1.29 is 32.7 Å². The van der Waals surface area contributed by atoms with Crippen LogP contribution in [-0.4, -0.2) is 39.3 Å². The van der Waals surface area contributed by atoms with Gasteiger partial charge in [0.25, 0.3) is 0 Å². The Balaban J connectivity index is 0.000000445. The van der Waals surface area contributed by atoms with Crippen molar-refractivity contribution in [1.82, 2.24) is 10.2 Å². The first-order chi connectivity index (χ1) is 12.5. The van der Waals surface area contributed by atoms with Gasteiger partial charge in [0.05, 0.1) is 0 Å². The van der Waals surface area contributed by atoms with Gasteiger partial charge in [0.15, 0.2) is 5.82 Å². The average molecular weight is 386 g/mol. The number of aliphatic carboxylic acids is 1. The molecule has 11 heteroatoms. The number of benzene rings is 1. The number of nitrogens with one attached hydrogen (secondary N) is 2. The molecular formula is C16H17F3N4O4. The number of alkyl halides is 3. The van der Waals surface area contributed by atoms with Crippen LogP contribution in [0.3, 0.4) is 0 Å². The third-order valence-corrected chi connectivity index (χ3v) is 3.12. The first-order valence-corrected chi connectivity index (χ1v) is 7.50. The smallest absolute Gasteiger partial charge is 0.475 e. The van der Waals surface area contributed by atoms with E-state index >= 15 is 0 Å². The molecule has 27 heavy (non-hydrogen) atoms. The van der Waals surface area contributed by atoms with Crippen LogP contribution < -0.4 is 11.1 Å². The van der Waals surface area contributed by atoms with Crippen molar-refractivity contribution in [3.63, 3.8) is 0 Å². The van der Waals surface area contributed by atoms with Gasteiger partial charge in [-0.25, -0.2) is 4.79 Å². The molecule has 0 aliphatic rings. The fourth-order valence-corrected chi connectivity index (χ4v) is 1.91. The van der Waals surface area contributed by atoms with E-state index < -0.39 is 18.1 Å². The van der Waals surface area contributed by atoms with Crippen molar-refractivity contribution in [1.29, 1.82) is 0 Å². The van der Waals surface area contributed by atoms with Gasteiger partial charge in [0, 0.05) is 23.7 Å². The Bertz CT molecular complexity index is 818. The van der Waals surface area contributed by atoms with Crippen LogP contribution in [0, 0.1) is 6.92 Å². The summed E-state index contributed by atoms with van der Waals surface area (Å²) in [6, 6.07) is 8.76. The highest BCUT2D eigenvalue weighted by Crippen LogP contribution is 2.13. The Morgan fingerprint density at radius 1 is 1.26 bits per heavy atom. The number of nitrogens with two attached hydrogens (primary N) is 1. The zero-order chi connectivity index (χ0) is 20.6. The van der Waals surface area contributed by atoms with E-state index in [1.54, 1.807) is 24.3 Å². The SMILES string of the molecule is Cc1cc(NC(=O)CCc2ccccc2C(N)=O)n[nH]1.O=C(O)C(F)(F)F. The summed E-state index contributed by atoms with van der Waals surface area (Å²) < 4.78 is 31.7. The molecule has 0 atom stereocenters. The van der Waals surface area contributed by atoms with Gasteiger partial charge in [-0.05, 0) is 25.0 Å². The molecule has 0 unspecified atom stereocenters. The molecule has 0 saturated heterocycles. The van der Waals surface area contributed by atoms with Crippen molar-refractivity contribution in [2.75, 3.05) is 5.32 Å². The van der Waals surface area contributed by atoms with Crippen molar-refractivity contribution in [3.05, 3.63) is 47.2 Å². The van der Waals surface area contributed by atoms with Gasteiger partial charge in [-0.1, -0.05) is 18.2 Å². The van der Waals surface area contributed by atoms with E-state index in [-0.39, 0.29) is 12.3 Å². The minimum atomic E-state index is -5.08. The van der Waals surface area contributed by atoms with Crippen LogP contribution in [0.15, 0.2) is 30.3 Å². The molecule has 0 radical (unpaired) electrons. The summed E-state index contributed by atoms with van der Waals surface area (Å²) in [7, 11) is 0. The number of aromatic amines is 1. The number of carboxylic acid groups (broad SMARTS) is 1. The standard InChI is InChI=1S/C14H16N4O2.C2HF3O2/c1-9-8-12(18-17-9)16-13(19)7-6-10-4-2-3-5-11(10)14(15)20;3-2(4,5)1(6)7/h2-5,8H,6-7H2,1H3,(H2,15,20)(H2,16,17,18,19);(H,6,7). The number of anilines is 1. The molecule has 2 rings (SSSR count). The average Bonchev–Trinajstić information content (AvgIpc) is 2.97. The predicted molar refractivity (Wildman–Crippen MR) is 88.9 cm³/mol. The Morgan fingerprint density at radius 2 is 1.85 bits per heavy atom. The highest BCUT2D eigenvalue weighted by atomic mass is 19.4. The van der Waals surface area contributed by atoms with Crippen LogP contribution in [0.25, 0.3) is 0 Å². The fourth-order valence-electron chi connectivity index (χ4n) is 1.91. The molecule has 0 saturated carbocycles. The molecule has 1 aromatic heterocycles. The Hall–Kier alpha value is -3.37. The van der Waals surface area contributed by atoms with Crippen LogP contribution in [0.2, 0.25) is 0 Å².